The molecular weight excluding hydrogens is 290 g/mol. The van der Waals surface area contributed by atoms with Crippen molar-refractivity contribution in [2.45, 2.75) is 31.5 Å². The van der Waals surface area contributed by atoms with Crippen molar-refractivity contribution < 1.29 is 13.5 Å². The van der Waals surface area contributed by atoms with Gasteiger partial charge in [-0.3, -0.25) is 5.10 Å². The first-order valence-electron chi connectivity index (χ1n) is 6.75. The summed E-state index contributed by atoms with van der Waals surface area (Å²) in [6.07, 6.45) is 0.688. The van der Waals surface area contributed by atoms with Crippen molar-refractivity contribution in [1.82, 2.24) is 14.5 Å². The van der Waals surface area contributed by atoms with E-state index in [0.717, 1.165) is 5.56 Å². The average Bonchev–Trinajstić information content (AvgIpc) is 2.88. The molecule has 6 nitrogen and oxygen atoms in total. The number of nitrogens with zero attached hydrogens (tertiary/aromatic N) is 2. The largest absolute Gasteiger partial charge is 0.392 e. The van der Waals surface area contributed by atoms with E-state index in [1.807, 2.05) is 24.3 Å². The molecule has 0 bridgehead atoms. The molecule has 0 saturated heterocycles. The maximum atomic E-state index is 12.7. The first kappa shape index (κ1) is 14.2. The van der Waals surface area contributed by atoms with Crippen molar-refractivity contribution in [3.05, 3.63) is 46.6 Å². The molecule has 1 aliphatic rings. The summed E-state index contributed by atoms with van der Waals surface area (Å²) in [5.41, 5.74) is 3.12. The first-order chi connectivity index (χ1) is 10.0. The Balaban J connectivity index is 1.97. The molecule has 0 amide bonds. The van der Waals surface area contributed by atoms with E-state index in [1.54, 1.807) is 6.92 Å². The monoisotopic (exact) mass is 307 g/mol. The number of aromatic nitrogens is 2. The van der Waals surface area contributed by atoms with E-state index in [9.17, 15) is 13.5 Å². The number of aryl methyl sites for hydroxylation is 1. The number of hydrogen-bond donors (Lipinski definition) is 2. The number of rotatable bonds is 3. The van der Waals surface area contributed by atoms with Gasteiger partial charge in [0.25, 0.3) is 10.0 Å². The molecule has 2 aromatic rings. The number of aliphatic hydroxyl groups is 1. The summed E-state index contributed by atoms with van der Waals surface area (Å²) >= 11 is 0. The number of aromatic amines is 1. The summed E-state index contributed by atoms with van der Waals surface area (Å²) in [6, 6.07) is 7.84. The highest BCUT2D eigenvalue weighted by Crippen LogP contribution is 2.26. The zero-order chi connectivity index (χ0) is 15.0. The van der Waals surface area contributed by atoms with Gasteiger partial charge < -0.3 is 5.11 Å². The molecule has 21 heavy (non-hydrogen) atoms. The van der Waals surface area contributed by atoms with Crippen LogP contribution in [0.3, 0.4) is 0 Å². The summed E-state index contributed by atoms with van der Waals surface area (Å²) in [5.74, 6) is 0. The van der Waals surface area contributed by atoms with Crippen LogP contribution in [0.1, 0.15) is 22.4 Å². The third-order valence-corrected chi connectivity index (χ3v) is 5.69. The Labute approximate surface area is 123 Å². The molecule has 3 rings (SSSR count). The number of aliphatic hydroxyl groups excluding tert-OH is 1. The maximum absolute atomic E-state index is 12.7. The van der Waals surface area contributed by atoms with E-state index >= 15 is 0 Å². The number of benzene rings is 1. The predicted molar refractivity (Wildman–Crippen MR) is 77.0 cm³/mol. The van der Waals surface area contributed by atoms with Crippen molar-refractivity contribution >= 4 is 10.0 Å². The molecule has 0 fully saturated rings. The van der Waals surface area contributed by atoms with Crippen molar-refractivity contribution in [2.75, 3.05) is 6.54 Å². The predicted octanol–water partition coefficient (Wildman–Crippen LogP) is 0.957. The van der Waals surface area contributed by atoms with Gasteiger partial charge in [-0.1, -0.05) is 24.3 Å². The number of H-pyrrole nitrogens is 1. The summed E-state index contributed by atoms with van der Waals surface area (Å²) < 4.78 is 26.9. The smallest absolute Gasteiger partial charge is 0.263 e. The quantitative estimate of drug-likeness (QED) is 0.884. The fourth-order valence-corrected chi connectivity index (χ4v) is 4.20. The van der Waals surface area contributed by atoms with E-state index in [0.29, 0.717) is 30.8 Å². The fourth-order valence-electron chi connectivity index (χ4n) is 2.63. The second-order valence-electron chi connectivity index (χ2n) is 5.15. The third-order valence-electron chi connectivity index (χ3n) is 3.87. The zero-order valence-corrected chi connectivity index (χ0v) is 12.5. The lowest BCUT2D eigenvalue weighted by molar-refractivity contribution is 0.277. The van der Waals surface area contributed by atoms with E-state index in [1.165, 1.54) is 9.87 Å². The van der Waals surface area contributed by atoms with Crippen molar-refractivity contribution in [3.8, 4) is 0 Å². The molecule has 1 aliphatic heterocycles. The third kappa shape index (κ3) is 2.37. The molecular formula is C14H17N3O3S. The van der Waals surface area contributed by atoms with Crippen molar-refractivity contribution in [1.29, 1.82) is 0 Å². The van der Waals surface area contributed by atoms with Crippen LogP contribution in [0.15, 0.2) is 29.3 Å². The minimum absolute atomic E-state index is 0.0677. The van der Waals surface area contributed by atoms with Crippen LogP contribution in [-0.2, 0) is 29.6 Å². The lowest BCUT2D eigenvalue weighted by Gasteiger charge is -2.27. The van der Waals surface area contributed by atoms with Crippen LogP contribution in [0.5, 0.6) is 0 Å². The van der Waals surface area contributed by atoms with Crippen LogP contribution < -0.4 is 0 Å². The lowest BCUT2D eigenvalue weighted by atomic mass is 10.0. The second-order valence-corrected chi connectivity index (χ2v) is 7.00. The van der Waals surface area contributed by atoms with Crippen LogP contribution in [0.25, 0.3) is 0 Å². The van der Waals surface area contributed by atoms with Gasteiger partial charge >= 0.3 is 0 Å². The molecule has 0 saturated carbocycles. The van der Waals surface area contributed by atoms with Crippen LogP contribution >= 0.6 is 0 Å². The normalized spacial score (nSPS) is 15.9. The van der Waals surface area contributed by atoms with E-state index in [-0.39, 0.29) is 11.6 Å². The maximum Gasteiger partial charge on any atom is 0.263 e. The average molecular weight is 307 g/mol. The molecule has 0 aliphatic carbocycles. The zero-order valence-electron chi connectivity index (χ0n) is 11.7. The highest BCUT2D eigenvalue weighted by atomic mass is 32.2. The van der Waals surface area contributed by atoms with Crippen LogP contribution in [0, 0.1) is 6.92 Å². The molecule has 112 valence electrons. The minimum Gasteiger partial charge on any atom is -0.392 e. The number of hydrogen-bond acceptors (Lipinski definition) is 4. The summed E-state index contributed by atoms with van der Waals surface area (Å²) in [5, 5.41) is 15.8. The van der Waals surface area contributed by atoms with Crippen molar-refractivity contribution in [2.24, 2.45) is 0 Å². The lowest BCUT2D eigenvalue weighted by Crippen LogP contribution is -2.36. The van der Waals surface area contributed by atoms with E-state index in [2.05, 4.69) is 10.2 Å². The van der Waals surface area contributed by atoms with Gasteiger partial charge in [0, 0.05) is 24.3 Å². The van der Waals surface area contributed by atoms with Gasteiger partial charge in [-0.05, 0) is 24.5 Å². The molecule has 2 heterocycles. The molecule has 0 atom stereocenters. The van der Waals surface area contributed by atoms with Crippen LogP contribution in [0.2, 0.25) is 0 Å². The van der Waals surface area contributed by atoms with Gasteiger partial charge in [-0.15, -0.1) is 0 Å². The number of nitrogens with one attached hydrogen (secondary N) is 1. The molecule has 0 spiro atoms. The van der Waals surface area contributed by atoms with Crippen molar-refractivity contribution in [3.63, 3.8) is 0 Å². The Bertz CT molecular complexity index is 768. The van der Waals surface area contributed by atoms with E-state index < -0.39 is 10.0 Å². The first-order valence-corrected chi connectivity index (χ1v) is 8.19. The van der Waals surface area contributed by atoms with Gasteiger partial charge in [-0.2, -0.15) is 9.40 Å². The topological polar surface area (TPSA) is 86.3 Å². The Morgan fingerprint density at radius 1 is 1.33 bits per heavy atom. The Morgan fingerprint density at radius 3 is 2.76 bits per heavy atom. The Morgan fingerprint density at radius 2 is 2.05 bits per heavy atom. The second kappa shape index (κ2) is 5.25. The summed E-state index contributed by atoms with van der Waals surface area (Å²) in [4.78, 5) is 0. The molecule has 2 N–H and O–H groups in total. The number of sulfonamides is 1. The highest BCUT2D eigenvalue weighted by molar-refractivity contribution is 7.89. The molecule has 0 unspecified atom stereocenters. The van der Waals surface area contributed by atoms with Crippen LogP contribution in [-0.4, -0.2) is 34.6 Å². The van der Waals surface area contributed by atoms with Gasteiger partial charge in [0.1, 0.15) is 0 Å². The highest BCUT2D eigenvalue weighted by Gasteiger charge is 2.32. The van der Waals surface area contributed by atoms with Gasteiger partial charge in [-0.25, -0.2) is 8.42 Å². The van der Waals surface area contributed by atoms with Crippen LogP contribution in [0.4, 0.5) is 0 Å². The summed E-state index contributed by atoms with van der Waals surface area (Å²) in [6.45, 7) is 2.12. The number of fused-ring (bicyclic) bond motifs is 1. The minimum atomic E-state index is -3.70. The van der Waals surface area contributed by atoms with Gasteiger partial charge in [0.15, 0.2) is 5.03 Å². The molecule has 7 heteroatoms. The molecule has 1 aromatic heterocycles. The SMILES string of the molecule is Cc1[nH]nc(S(=O)(=O)N2CCc3ccccc3C2)c1CO. The van der Waals surface area contributed by atoms with E-state index in [4.69, 9.17) is 0 Å². The Kier molecular flexibility index (Phi) is 3.56. The standard InChI is InChI=1S/C14H17N3O3S/c1-10-13(9-18)14(16-15-10)21(19,20)17-7-6-11-4-2-3-5-12(11)8-17/h2-5,18H,6-9H2,1H3,(H,15,16). The Hall–Kier alpha value is -1.70. The van der Waals surface area contributed by atoms with Gasteiger partial charge in [0.2, 0.25) is 0 Å². The fraction of sp³-hybridized carbons (Fsp3) is 0.357. The summed E-state index contributed by atoms with van der Waals surface area (Å²) in [7, 11) is -3.70. The molecule has 0 radical (unpaired) electrons. The van der Waals surface area contributed by atoms with Gasteiger partial charge in [0.05, 0.1) is 6.61 Å². The molecule has 1 aromatic carbocycles.